The number of carbonyl (C=O) groups excluding carboxylic acids is 1. The van der Waals surface area contributed by atoms with Gasteiger partial charge in [-0.2, -0.15) is 0 Å². The number of aromatic nitrogens is 1. The fourth-order valence-corrected chi connectivity index (χ4v) is 3.43. The molecule has 0 radical (unpaired) electrons. The molecule has 1 heterocycles. The number of hydrogen-bond acceptors (Lipinski definition) is 4. The van der Waals surface area contributed by atoms with Crippen molar-refractivity contribution in [2.75, 3.05) is 11.9 Å². The van der Waals surface area contributed by atoms with Crippen LogP contribution in [0.4, 0.5) is 5.69 Å². The lowest BCUT2D eigenvalue weighted by atomic mass is 10.0. The van der Waals surface area contributed by atoms with Gasteiger partial charge in [0.05, 0.1) is 6.61 Å². The molecule has 5 nitrogen and oxygen atoms in total. The molecule has 0 spiro atoms. The summed E-state index contributed by atoms with van der Waals surface area (Å²) in [6.45, 7) is 8.99. The fraction of sp³-hybridized carbons (Fsp3) is 0.259. The number of hydrogen-bond donors (Lipinski definition) is 1. The number of aryl methyl sites for hydroxylation is 1. The maximum Gasteiger partial charge on any atom is 0.255 e. The Morgan fingerprint density at radius 3 is 2.56 bits per heavy atom. The van der Waals surface area contributed by atoms with Gasteiger partial charge in [-0.05, 0) is 78.9 Å². The lowest BCUT2D eigenvalue weighted by Gasteiger charge is -2.10. The smallest absolute Gasteiger partial charge is 0.255 e. The van der Waals surface area contributed by atoms with Gasteiger partial charge in [0.25, 0.3) is 5.91 Å². The number of benzene rings is 3. The van der Waals surface area contributed by atoms with Gasteiger partial charge < -0.3 is 14.5 Å². The molecule has 0 saturated carbocycles. The van der Waals surface area contributed by atoms with E-state index in [4.69, 9.17) is 9.15 Å². The second kappa shape index (κ2) is 9.27. The van der Waals surface area contributed by atoms with Crippen LogP contribution < -0.4 is 10.1 Å². The lowest BCUT2D eigenvalue weighted by molar-refractivity contribution is 0.102. The van der Waals surface area contributed by atoms with E-state index in [1.807, 2.05) is 43.3 Å². The van der Waals surface area contributed by atoms with E-state index in [1.54, 1.807) is 12.1 Å². The molecule has 0 aliphatic heterocycles. The van der Waals surface area contributed by atoms with Crippen LogP contribution in [0.1, 0.15) is 54.6 Å². The summed E-state index contributed by atoms with van der Waals surface area (Å²) in [6, 6.07) is 19.1. The van der Waals surface area contributed by atoms with Crippen molar-refractivity contribution in [3.8, 4) is 17.2 Å². The molecule has 4 rings (SSSR count). The molecule has 1 amide bonds. The van der Waals surface area contributed by atoms with Crippen LogP contribution in [0.3, 0.4) is 0 Å². The monoisotopic (exact) mass is 428 g/mol. The number of oxazole rings is 1. The van der Waals surface area contributed by atoms with Crippen molar-refractivity contribution in [1.82, 2.24) is 4.98 Å². The number of carbonyl (C=O) groups is 1. The Morgan fingerprint density at radius 1 is 1.06 bits per heavy atom. The van der Waals surface area contributed by atoms with Crippen molar-refractivity contribution < 1.29 is 13.9 Å². The molecular formula is C27H28N2O3. The average Bonchev–Trinajstić information content (AvgIpc) is 3.22. The summed E-state index contributed by atoms with van der Waals surface area (Å²) >= 11 is 0. The lowest BCUT2D eigenvalue weighted by Crippen LogP contribution is -2.12. The molecule has 0 aliphatic carbocycles. The molecule has 0 saturated heterocycles. The topological polar surface area (TPSA) is 64.4 Å². The number of anilines is 1. The second-order valence-corrected chi connectivity index (χ2v) is 8.26. The largest absolute Gasteiger partial charge is 0.494 e. The molecule has 0 aliphatic rings. The van der Waals surface area contributed by atoms with Crippen molar-refractivity contribution in [3.63, 3.8) is 0 Å². The third kappa shape index (κ3) is 4.67. The molecule has 164 valence electrons. The zero-order valence-electron chi connectivity index (χ0n) is 18.9. The number of fused-ring (bicyclic) bond motifs is 1. The SMILES string of the molecule is CCCOc1ccc(C(=O)Nc2cc(-c3nc4cc(C(C)C)ccc4o3)ccc2C)cc1. The number of nitrogens with zero attached hydrogens (tertiary/aromatic N) is 1. The highest BCUT2D eigenvalue weighted by Crippen LogP contribution is 2.30. The molecule has 0 bridgehead atoms. The van der Waals surface area contributed by atoms with Crippen LogP contribution in [-0.2, 0) is 0 Å². The van der Waals surface area contributed by atoms with E-state index in [0.29, 0.717) is 24.0 Å². The summed E-state index contributed by atoms with van der Waals surface area (Å²) in [7, 11) is 0. The van der Waals surface area contributed by atoms with Crippen LogP contribution >= 0.6 is 0 Å². The number of ether oxygens (including phenoxy) is 1. The minimum atomic E-state index is -0.175. The average molecular weight is 429 g/mol. The van der Waals surface area contributed by atoms with E-state index in [2.05, 4.69) is 43.2 Å². The van der Waals surface area contributed by atoms with Gasteiger partial charge in [-0.1, -0.05) is 32.9 Å². The van der Waals surface area contributed by atoms with Gasteiger partial charge in [0, 0.05) is 16.8 Å². The summed E-state index contributed by atoms with van der Waals surface area (Å²) in [5.74, 6) is 1.55. The first-order chi connectivity index (χ1) is 15.4. The quantitative estimate of drug-likeness (QED) is 0.345. The highest BCUT2D eigenvalue weighted by Gasteiger charge is 2.13. The Bertz CT molecular complexity index is 1240. The first-order valence-electron chi connectivity index (χ1n) is 11.0. The van der Waals surface area contributed by atoms with Crippen molar-refractivity contribution >= 4 is 22.7 Å². The maximum atomic E-state index is 12.8. The van der Waals surface area contributed by atoms with E-state index in [0.717, 1.165) is 40.1 Å². The van der Waals surface area contributed by atoms with Crippen molar-refractivity contribution in [1.29, 1.82) is 0 Å². The highest BCUT2D eigenvalue weighted by molar-refractivity contribution is 6.05. The third-order valence-corrected chi connectivity index (χ3v) is 5.40. The Morgan fingerprint density at radius 2 is 1.84 bits per heavy atom. The van der Waals surface area contributed by atoms with E-state index in [1.165, 1.54) is 5.56 Å². The van der Waals surface area contributed by atoms with Crippen molar-refractivity contribution in [2.45, 2.75) is 40.0 Å². The summed E-state index contributed by atoms with van der Waals surface area (Å²) in [6.07, 6.45) is 0.941. The number of amides is 1. The predicted molar refractivity (Wildman–Crippen MR) is 128 cm³/mol. The molecule has 0 atom stereocenters. The number of rotatable bonds is 7. The van der Waals surface area contributed by atoms with Gasteiger partial charge in [-0.25, -0.2) is 4.98 Å². The summed E-state index contributed by atoms with van der Waals surface area (Å²) in [5, 5.41) is 3.01. The molecule has 0 fully saturated rings. The Kier molecular flexibility index (Phi) is 6.26. The molecular weight excluding hydrogens is 400 g/mol. The minimum absolute atomic E-state index is 0.175. The fourth-order valence-electron chi connectivity index (χ4n) is 3.43. The van der Waals surface area contributed by atoms with Crippen LogP contribution in [-0.4, -0.2) is 17.5 Å². The zero-order valence-corrected chi connectivity index (χ0v) is 18.9. The second-order valence-electron chi connectivity index (χ2n) is 8.26. The molecule has 32 heavy (non-hydrogen) atoms. The standard InChI is InChI=1S/C27H28N2O3/c1-5-14-31-22-11-8-19(9-12-22)26(30)28-23-16-21(7-6-18(23)4)27-29-24-15-20(17(2)3)10-13-25(24)32-27/h6-13,15-17H,5,14H2,1-4H3,(H,28,30). The highest BCUT2D eigenvalue weighted by atomic mass is 16.5. The van der Waals surface area contributed by atoms with Gasteiger partial charge in [-0.15, -0.1) is 0 Å². The van der Waals surface area contributed by atoms with Crippen LogP contribution in [0.2, 0.25) is 0 Å². The molecule has 4 aromatic rings. The predicted octanol–water partition coefficient (Wildman–Crippen LogP) is 6.97. The van der Waals surface area contributed by atoms with Gasteiger partial charge in [-0.3, -0.25) is 4.79 Å². The normalized spacial score (nSPS) is 11.2. The van der Waals surface area contributed by atoms with E-state index in [-0.39, 0.29) is 5.91 Å². The Labute approximate surface area is 188 Å². The van der Waals surface area contributed by atoms with Crippen LogP contribution in [0.15, 0.2) is 65.1 Å². The molecule has 5 heteroatoms. The zero-order chi connectivity index (χ0) is 22.7. The Hall–Kier alpha value is -3.60. The first-order valence-corrected chi connectivity index (χ1v) is 11.0. The van der Waals surface area contributed by atoms with Gasteiger partial charge in [0.2, 0.25) is 5.89 Å². The maximum absolute atomic E-state index is 12.8. The van der Waals surface area contributed by atoms with Crippen molar-refractivity contribution in [2.24, 2.45) is 0 Å². The van der Waals surface area contributed by atoms with Gasteiger partial charge in [0.15, 0.2) is 5.58 Å². The minimum Gasteiger partial charge on any atom is -0.494 e. The van der Waals surface area contributed by atoms with Gasteiger partial charge >= 0.3 is 0 Å². The van der Waals surface area contributed by atoms with E-state index >= 15 is 0 Å². The molecule has 3 aromatic carbocycles. The number of nitrogens with one attached hydrogen (secondary N) is 1. The van der Waals surface area contributed by atoms with Crippen LogP contribution in [0, 0.1) is 6.92 Å². The van der Waals surface area contributed by atoms with Crippen LogP contribution in [0.5, 0.6) is 5.75 Å². The summed E-state index contributed by atoms with van der Waals surface area (Å²) < 4.78 is 11.6. The summed E-state index contributed by atoms with van der Waals surface area (Å²) in [5.41, 5.74) is 5.88. The van der Waals surface area contributed by atoms with E-state index < -0.39 is 0 Å². The van der Waals surface area contributed by atoms with E-state index in [9.17, 15) is 4.79 Å². The van der Waals surface area contributed by atoms with Crippen molar-refractivity contribution in [3.05, 3.63) is 77.4 Å². The first kappa shape index (κ1) is 21.6. The Balaban J connectivity index is 1.56. The van der Waals surface area contributed by atoms with Gasteiger partial charge in [0.1, 0.15) is 11.3 Å². The van der Waals surface area contributed by atoms with Crippen LogP contribution in [0.25, 0.3) is 22.6 Å². The molecule has 1 aromatic heterocycles. The summed E-state index contributed by atoms with van der Waals surface area (Å²) in [4.78, 5) is 17.5. The third-order valence-electron chi connectivity index (χ3n) is 5.40. The molecule has 0 unspecified atom stereocenters. The molecule has 1 N–H and O–H groups in total.